The highest BCUT2D eigenvalue weighted by molar-refractivity contribution is 6.30. The lowest BCUT2D eigenvalue weighted by Gasteiger charge is -2.13. The number of benzene rings is 4. The maximum absolute atomic E-state index is 6.11. The highest BCUT2D eigenvalue weighted by Crippen LogP contribution is 2.28. The zero-order valence-electron chi connectivity index (χ0n) is 24.0. The van der Waals surface area contributed by atoms with E-state index in [2.05, 4.69) is 40.9 Å². The van der Waals surface area contributed by atoms with Crippen LogP contribution in [-0.2, 0) is 0 Å². The summed E-state index contributed by atoms with van der Waals surface area (Å²) in [7, 11) is 4.01. The van der Waals surface area contributed by atoms with Crippen LogP contribution in [0.3, 0.4) is 0 Å². The smallest absolute Gasteiger partial charge is 0.233 e. The van der Waals surface area contributed by atoms with E-state index in [1.54, 1.807) is 12.1 Å². The molecule has 10 nitrogen and oxygen atoms in total. The van der Waals surface area contributed by atoms with E-state index in [9.17, 15) is 0 Å². The summed E-state index contributed by atoms with van der Waals surface area (Å²) >= 11 is 6.05. The minimum absolute atomic E-state index is 0.209. The number of nitrogens with two attached hydrogens (primary N) is 1. The first-order valence-electron chi connectivity index (χ1n) is 13.8. The molecule has 0 radical (unpaired) electrons. The molecule has 2 heterocycles. The number of nitrogens with zero attached hydrogens (tertiary/aromatic N) is 6. The predicted octanol–water partition coefficient (Wildman–Crippen LogP) is 7.53. The summed E-state index contributed by atoms with van der Waals surface area (Å²) in [5, 5.41) is 10.4. The van der Waals surface area contributed by atoms with Gasteiger partial charge in [0.25, 0.3) is 0 Å². The highest BCUT2D eigenvalue weighted by atomic mass is 35.5. The van der Waals surface area contributed by atoms with Crippen LogP contribution in [-0.4, -0.2) is 39.0 Å². The van der Waals surface area contributed by atoms with Gasteiger partial charge in [-0.1, -0.05) is 54.1 Å². The molecule has 0 fully saturated rings. The minimum atomic E-state index is 0.209. The van der Waals surface area contributed by atoms with Gasteiger partial charge >= 0.3 is 0 Å². The van der Waals surface area contributed by atoms with Crippen LogP contribution in [0.2, 0.25) is 5.02 Å². The van der Waals surface area contributed by atoms with Crippen molar-refractivity contribution in [1.82, 2.24) is 24.9 Å². The van der Waals surface area contributed by atoms with Gasteiger partial charge in [-0.05, 0) is 66.7 Å². The number of hydrogen-bond acceptors (Lipinski definition) is 10. The van der Waals surface area contributed by atoms with E-state index < -0.39 is 0 Å². The molecular weight excluding hydrogens is 572 g/mol. The SMILES string of the molecule is CN(C)c1ccc(-c2cc(-c3ccc(Nc4nc(Nc5ccccc5)nc(Nc5ccc(Cl)cc5)n4)cc3)nc(N)n2)cc1. The molecule has 44 heavy (non-hydrogen) atoms. The molecule has 0 amide bonds. The van der Waals surface area contributed by atoms with Gasteiger partial charge in [0.15, 0.2) is 0 Å². The molecule has 2 aromatic heterocycles. The largest absolute Gasteiger partial charge is 0.378 e. The average molecular weight is 601 g/mol. The Morgan fingerprint density at radius 2 is 0.977 bits per heavy atom. The fourth-order valence-electron chi connectivity index (χ4n) is 4.40. The van der Waals surface area contributed by atoms with Gasteiger partial charge in [-0.2, -0.15) is 15.0 Å². The summed E-state index contributed by atoms with van der Waals surface area (Å²) < 4.78 is 0. The first-order valence-corrected chi connectivity index (χ1v) is 14.2. The third kappa shape index (κ3) is 7.00. The van der Waals surface area contributed by atoms with Crippen molar-refractivity contribution in [2.45, 2.75) is 0 Å². The van der Waals surface area contributed by atoms with E-state index in [1.165, 1.54) is 0 Å². The van der Waals surface area contributed by atoms with E-state index in [-0.39, 0.29) is 5.95 Å². The molecule has 0 bridgehead atoms. The number of rotatable bonds is 9. The Morgan fingerprint density at radius 3 is 1.45 bits per heavy atom. The van der Waals surface area contributed by atoms with Crippen LogP contribution < -0.4 is 26.6 Å². The van der Waals surface area contributed by atoms with E-state index in [0.717, 1.165) is 45.3 Å². The Bertz CT molecular complexity index is 1860. The Labute approximate surface area is 260 Å². The van der Waals surface area contributed by atoms with Gasteiger partial charge in [0.1, 0.15) is 0 Å². The second-order valence-corrected chi connectivity index (χ2v) is 10.5. The topological polar surface area (TPSA) is 130 Å². The van der Waals surface area contributed by atoms with Crippen molar-refractivity contribution in [2.75, 3.05) is 40.7 Å². The lowest BCUT2D eigenvalue weighted by molar-refractivity contribution is 1.06. The van der Waals surface area contributed by atoms with Crippen molar-refractivity contribution in [3.05, 3.63) is 114 Å². The third-order valence-electron chi connectivity index (χ3n) is 6.63. The Hall–Kier alpha value is -5.74. The number of nitrogens with one attached hydrogen (secondary N) is 3. The number of aromatic nitrogens is 5. The van der Waals surface area contributed by atoms with E-state index >= 15 is 0 Å². The van der Waals surface area contributed by atoms with E-state index in [4.69, 9.17) is 17.3 Å². The molecule has 0 saturated carbocycles. The molecule has 0 aliphatic carbocycles. The monoisotopic (exact) mass is 600 g/mol. The van der Waals surface area contributed by atoms with Crippen molar-refractivity contribution in [3.63, 3.8) is 0 Å². The first kappa shape index (κ1) is 28.4. The van der Waals surface area contributed by atoms with Crippen molar-refractivity contribution >= 4 is 58.1 Å². The van der Waals surface area contributed by atoms with Crippen molar-refractivity contribution in [3.8, 4) is 22.5 Å². The van der Waals surface area contributed by atoms with Gasteiger partial charge < -0.3 is 26.6 Å². The summed E-state index contributed by atoms with van der Waals surface area (Å²) in [6, 6.07) is 34.9. The van der Waals surface area contributed by atoms with Gasteiger partial charge in [0.05, 0.1) is 11.4 Å². The Balaban J connectivity index is 1.24. The van der Waals surface area contributed by atoms with E-state index in [1.807, 2.05) is 116 Å². The summed E-state index contributed by atoms with van der Waals surface area (Å²) in [4.78, 5) is 24.7. The second-order valence-electron chi connectivity index (χ2n) is 10.1. The molecule has 0 aliphatic heterocycles. The zero-order chi connectivity index (χ0) is 30.5. The maximum atomic E-state index is 6.11. The van der Waals surface area contributed by atoms with Crippen LogP contribution in [0.4, 0.5) is 46.5 Å². The summed E-state index contributed by atoms with van der Waals surface area (Å²) in [5.74, 6) is 1.31. The molecule has 0 saturated heterocycles. The Kier molecular flexibility index (Phi) is 8.15. The number of nitrogen functional groups attached to an aromatic ring is 1. The quantitative estimate of drug-likeness (QED) is 0.132. The van der Waals surface area contributed by atoms with Gasteiger partial charge in [-0.25, -0.2) is 9.97 Å². The average Bonchev–Trinajstić information content (AvgIpc) is 3.03. The van der Waals surface area contributed by atoms with Crippen LogP contribution in [0.1, 0.15) is 0 Å². The maximum Gasteiger partial charge on any atom is 0.233 e. The first-order chi connectivity index (χ1) is 21.4. The third-order valence-corrected chi connectivity index (χ3v) is 6.88. The molecule has 6 aromatic rings. The minimum Gasteiger partial charge on any atom is -0.378 e. The van der Waals surface area contributed by atoms with E-state index in [0.29, 0.717) is 22.9 Å². The zero-order valence-corrected chi connectivity index (χ0v) is 24.8. The summed E-state index contributed by atoms with van der Waals surface area (Å²) in [6.45, 7) is 0. The fourth-order valence-corrected chi connectivity index (χ4v) is 4.53. The van der Waals surface area contributed by atoms with Gasteiger partial charge in [0, 0.05) is 53.0 Å². The summed E-state index contributed by atoms with van der Waals surface area (Å²) in [5.41, 5.74) is 13.0. The van der Waals surface area contributed by atoms with Crippen LogP contribution in [0.15, 0.2) is 109 Å². The molecule has 0 spiro atoms. The van der Waals surface area contributed by atoms with Crippen LogP contribution in [0.25, 0.3) is 22.5 Å². The number of anilines is 8. The predicted molar refractivity (Wildman–Crippen MR) is 179 cm³/mol. The van der Waals surface area contributed by atoms with Crippen LogP contribution in [0.5, 0.6) is 0 Å². The summed E-state index contributed by atoms with van der Waals surface area (Å²) in [6.07, 6.45) is 0. The number of halogens is 1. The standard InChI is InChI=1S/C33H29ClN10/c1-44(2)27-18-10-22(11-19-27)29-20-28(39-30(35)40-29)21-8-14-25(15-9-21)37-32-41-31(36-24-6-4-3-5-7-24)42-33(43-32)38-26-16-12-23(34)13-17-26/h3-20H,1-2H3,(H2,35,39,40)(H3,36,37,38,41,42,43). The van der Waals surface area contributed by atoms with Gasteiger partial charge in [-0.15, -0.1) is 0 Å². The molecule has 0 atom stereocenters. The number of para-hydroxylation sites is 1. The molecule has 218 valence electrons. The Morgan fingerprint density at radius 1 is 0.545 bits per heavy atom. The lowest BCUT2D eigenvalue weighted by Crippen LogP contribution is -2.08. The second kappa shape index (κ2) is 12.6. The molecule has 5 N–H and O–H groups in total. The van der Waals surface area contributed by atoms with Gasteiger partial charge in [0.2, 0.25) is 23.8 Å². The van der Waals surface area contributed by atoms with Crippen molar-refractivity contribution in [1.29, 1.82) is 0 Å². The lowest BCUT2D eigenvalue weighted by atomic mass is 10.1. The highest BCUT2D eigenvalue weighted by Gasteiger charge is 2.11. The molecule has 6 rings (SSSR count). The van der Waals surface area contributed by atoms with Crippen molar-refractivity contribution < 1.29 is 0 Å². The molecule has 11 heteroatoms. The fraction of sp³-hybridized carbons (Fsp3) is 0.0606. The van der Waals surface area contributed by atoms with Crippen LogP contribution >= 0.6 is 11.6 Å². The van der Waals surface area contributed by atoms with Crippen LogP contribution in [0, 0.1) is 0 Å². The molecule has 0 aliphatic rings. The van der Waals surface area contributed by atoms with Gasteiger partial charge in [-0.3, -0.25) is 0 Å². The molecule has 4 aromatic carbocycles. The van der Waals surface area contributed by atoms with Crippen molar-refractivity contribution in [2.24, 2.45) is 0 Å². The molecular formula is C33H29ClN10. The molecule has 0 unspecified atom stereocenters. The number of hydrogen-bond donors (Lipinski definition) is 4. The normalized spacial score (nSPS) is 10.7.